The van der Waals surface area contributed by atoms with E-state index >= 15 is 0 Å². The zero-order valence-corrected chi connectivity index (χ0v) is 16.2. The van der Waals surface area contributed by atoms with Gasteiger partial charge in [-0.25, -0.2) is 13.8 Å². The van der Waals surface area contributed by atoms with Gasteiger partial charge in [-0.05, 0) is 43.7 Å². The first-order valence-corrected chi connectivity index (χ1v) is 9.30. The van der Waals surface area contributed by atoms with Gasteiger partial charge >= 0.3 is 6.18 Å². The minimum absolute atomic E-state index is 0.00393. The first kappa shape index (κ1) is 21.2. The molecule has 0 radical (unpaired) electrons. The number of aliphatic hydroxyl groups is 1. The smallest absolute Gasteiger partial charge is 0.416 e. The normalized spacial score (nSPS) is 19.5. The number of phenolic OH excluding ortho intramolecular Hbond substituents is 1. The quantitative estimate of drug-likeness (QED) is 0.591. The van der Waals surface area contributed by atoms with E-state index in [0.29, 0.717) is 19.0 Å². The van der Waals surface area contributed by atoms with Gasteiger partial charge in [0.05, 0.1) is 11.2 Å². The summed E-state index contributed by atoms with van der Waals surface area (Å²) in [5.41, 5.74) is -2.53. The highest BCUT2D eigenvalue weighted by atomic mass is 19.4. The minimum Gasteiger partial charge on any atom is -0.507 e. The highest BCUT2D eigenvalue weighted by Crippen LogP contribution is 2.40. The molecule has 1 aliphatic rings. The maximum absolute atomic E-state index is 13.3. The Morgan fingerprint density at radius 2 is 1.87 bits per heavy atom. The molecule has 0 saturated carbocycles. The number of pyridine rings is 1. The summed E-state index contributed by atoms with van der Waals surface area (Å²) in [4.78, 5) is 5.66. The highest BCUT2D eigenvalue weighted by molar-refractivity contribution is 5.99. The summed E-state index contributed by atoms with van der Waals surface area (Å²) in [6, 6.07) is 4.80. The van der Waals surface area contributed by atoms with Crippen molar-refractivity contribution in [2.75, 3.05) is 18.0 Å². The summed E-state index contributed by atoms with van der Waals surface area (Å²) in [7, 11) is 0. The lowest BCUT2D eigenvalue weighted by atomic mass is 10.0. The molecule has 11 heteroatoms. The van der Waals surface area contributed by atoms with Gasteiger partial charge in [0, 0.05) is 24.0 Å². The van der Waals surface area contributed by atoms with Crippen molar-refractivity contribution in [2.45, 2.75) is 31.5 Å². The van der Waals surface area contributed by atoms with Crippen LogP contribution in [0.1, 0.15) is 31.0 Å². The lowest BCUT2D eigenvalue weighted by Crippen LogP contribution is -2.30. The van der Waals surface area contributed by atoms with Crippen LogP contribution in [0.3, 0.4) is 0 Å². The number of alkyl halides is 5. The molecule has 1 atom stereocenters. The number of aromatic hydroxyl groups is 1. The van der Waals surface area contributed by atoms with E-state index < -0.39 is 35.2 Å². The van der Waals surface area contributed by atoms with Gasteiger partial charge in [-0.1, -0.05) is 0 Å². The van der Waals surface area contributed by atoms with Crippen molar-refractivity contribution in [3.05, 3.63) is 41.6 Å². The summed E-state index contributed by atoms with van der Waals surface area (Å²) in [6.07, 6.45) is -7.07. The van der Waals surface area contributed by atoms with E-state index in [2.05, 4.69) is 15.2 Å². The number of anilines is 1. The molecule has 1 fully saturated rings. The van der Waals surface area contributed by atoms with Crippen LogP contribution in [0.25, 0.3) is 22.2 Å². The third-order valence-corrected chi connectivity index (χ3v) is 5.18. The van der Waals surface area contributed by atoms with Crippen LogP contribution in [0.15, 0.2) is 30.3 Å². The Balaban J connectivity index is 1.89. The first-order valence-electron chi connectivity index (χ1n) is 9.30. The molecule has 4 rings (SSSR count). The van der Waals surface area contributed by atoms with E-state index in [9.17, 15) is 32.2 Å². The molecule has 6 nitrogen and oxygen atoms in total. The Kier molecular flexibility index (Phi) is 4.95. The molecule has 2 N–H and O–H groups in total. The maximum atomic E-state index is 13.3. The molecule has 3 aromatic rings. The van der Waals surface area contributed by atoms with Crippen molar-refractivity contribution in [1.29, 1.82) is 0 Å². The molecule has 0 spiro atoms. The fourth-order valence-corrected chi connectivity index (χ4v) is 3.60. The van der Waals surface area contributed by atoms with Gasteiger partial charge in [0.1, 0.15) is 22.7 Å². The van der Waals surface area contributed by atoms with Crippen molar-refractivity contribution < 1.29 is 32.2 Å². The molecule has 0 bridgehead atoms. The molecule has 0 amide bonds. The van der Waals surface area contributed by atoms with Crippen LogP contribution in [0, 0.1) is 0 Å². The summed E-state index contributed by atoms with van der Waals surface area (Å²) in [6.45, 7) is 2.21. The number of benzene rings is 1. The third kappa shape index (κ3) is 3.97. The molecule has 164 valence electrons. The molecule has 0 aliphatic carbocycles. The summed E-state index contributed by atoms with van der Waals surface area (Å²) >= 11 is 0. The second kappa shape index (κ2) is 7.26. The van der Waals surface area contributed by atoms with Crippen molar-refractivity contribution in [2.24, 2.45) is 0 Å². The number of hydrogen-bond acceptors (Lipinski definition) is 6. The van der Waals surface area contributed by atoms with Crippen LogP contribution >= 0.6 is 0 Å². The van der Waals surface area contributed by atoms with E-state index in [-0.39, 0.29) is 34.5 Å². The Bertz CT molecular complexity index is 1150. The summed E-state index contributed by atoms with van der Waals surface area (Å²) in [5, 5.41) is 28.8. The monoisotopic (exact) mass is 440 g/mol. The lowest BCUT2D eigenvalue weighted by Gasteiger charge is -2.21. The number of rotatable bonds is 3. The van der Waals surface area contributed by atoms with Crippen molar-refractivity contribution in [1.82, 2.24) is 15.2 Å². The van der Waals surface area contributed by atoms with E-state index in [1.165, 1.54) is 6.07 Å². The van der Waals surface area contributed by atoms with Gasteiger partial charge in [0.2, 0.25) is 0 Å². The second-order valence-electron chi connectivity index (χ2n) is 7.70. The highest BCUT2D eigenvalue weighted by Gasteiger charge is 2.34. The lowest BCUT2D eigenvalue weighted by molar-refractivity contribution is -0.137. The fourth-order valence-electron chi connectivity index (χ4n) is 3.60. The van der Waals surface area contributed by atoms with Gasteiger partial charge < -0.3 is 15.1 Å². The van der Waals surface area contributed by atoms with Crippen LogP contribution in [0.2, 0.25) is 0 Å². The largest absolute Gasteiger partial charge is 0.507 e. The van der Waals surface area contributed by atoms with E-state index in [0.717, 1.165) is 18.2 Å². The molecular formula is C20H17F5N4O2. The van der Waals surface area contributed by atoms with Crippen LogP contribution < -0.4 is 4.90 Å². The molecule has 1 unspecified atom stereocenters. The molecular weight excluding hydrogens is 423 g/mol. The Morgan fingerprint density at radius 3 is 2.45 bits per heavy atom. The SMILES string of the molecule is CC1(O)CCN(c2nnc(-c3ccc(C(F)(F)F)cc3O)c3ccc(C(F)F)nc23)C1. The van der Waals surface area contributed by atoms with Crippen molar-refractivity contribution >= 4 is 16.7 Å². The van der Waals surface area contributed by atoms with Gasteiger partial charge in [-0.2, -0.15) is 13.2 Å². The molecule has 3 heterocycles. The number of nitrogens with zero attached hydrogens (tertiary/aromatic N) is 4. The third-order valence-electron chi connectivity index (χ3n) is 5.18. The Labute approximate surface area is 173 Å². The maximum Gasteiger partial charge on any atom is 0.416 e. The zero-order valence-electron chi connectivity index (χ0n) is 16.2. The zero-order chi connectivity index (χ0) is 22.6. The molecule has 1 aliphatic heterocycles. The molecule has 1 aromatic carbocycles. The number of phenols is 1. The predicted octanol–water partition coefficient (Wildman–Crippen LogP) is 4.31. The van der Waals surface area contributed by atoms with Gasteiger partial charge in [-0.15, -0.1) is 10.2 Å². The molecule has 2 aromatic heterocycles. The van der Waals surface area contributed by atoms with Crippen LogP contribution in [0.4, 0.5) is 27.8 Å². The standard InChI is InChI=1S/C20H17F5N4O2/c1-19(31)6-7-29(9-19)18-16-12(4-5-13(26-16)17(21)22)15(27-28-18)11-3-2-10(8-14(11)30)20(23,24)25/h2-5,8,17,30-31H,6-7,9H2,1H3. The minimum atomic E-state index is -4.64. The van der Waals surface area contributed by atoms with Gasteiger partial charge in [-0.3, -0.25) is 0 Å². The molecule has 1 saturated heterocycles. The molecule has 31 heavy (non-hydrogen) atoms. The van der Waals surface area contributed by atoms with Crippen molar-refractivity contribution in [3.8, 4) is 17.0 Å². The van der Waals surface area contributed by atoms with Crippen LogP contribution in [-0.4, -0.2) is 44.1 Å². The first-order chi connectivity index (χ1) is 14.5. The Hall–Kier alpha value is -3.08. The van der Waals surface area contributed by atoms with E-state index in [1.807, 2.05) is 0 Å². The van der Waals surface area contributed by atoms with E-state index in [4.69, 9.17) is 0 Å². The average molecular weight is 440 g/mol. The van der Waals surface area contributed by atoms with Crippen LogP contribution in [0.5, 0.6) is 5.75 Å². The summed E-state index contributed by atoms with van der Waals surface area (Å²) in [5.74, 6) is -0.509. The fraction of sp³-hybridized carbons (Fsp3) is 0.350. The number of hydrogen-bond donors (Lipinski definition) is 2. The average Bonchev–Trinajstić information content (AvgIpc) is 3.05. The van der Waals surface area contributed by atoms with Crippen LogP contribution in [-0.2, 0) is 6.18 Å². The topological polar surface area (TPSA) is 82.4 Å². The van der Waals surface area contributed by atoms with Gasteiger partial charge in [0.15, 0.2) is 5.82 Å². The summed E-state index contributed by atoms with van der Waals surface area (Å²) < 4.78 is 65.3. The van der Waals surface area contributed by atoms with Crippen molar-refractivity contribution in [3.63, 3.8) is 0 Å². The Morgan fingerprint density at radius 1 is 1.13 bits per heavy atom. The number of aromatic nitrogens is 3. The van der Waals surface area contributed by atoms with Gasteiger partial charge in [0.25, 0.3) is 6.43 Å². The predicted molar refractivity (Wildman–Crippen MR) is 102 cm³/mol. The number of β-amino-alcohol motifs (C(OH)–C–C–N with tert-alkyl or cyclic N) is 1. The van der Waals surface area contributed by atoms with E-state index in [1.54, 1.807) is 11.8 Å². The number of fused-ring (bicyclic) bond motifs is 1. The number of halogens is 5. The second-order valence-corrected chi connectivity index (χ2v) is 7.70.